The summed E-state index contributed by atoms with van der Waals surface area (Å²) in [5.74, 6) is 2.33. The van der Waals surface area contributed by atoms with Gasteiger partial charge in [0.1, 0.15) is 11.9 Å². The van der Waals surface area contributed by atoms with Gasteiger partial charge in [-0.05, 0) is 42.8 Å². The van der Waals surface area contributed by atoms with Crippen LogP contribution in [-0.4, -0.2) is 64.1 Å². The van der Waals surface area contributed by atoms with Crippen LogP contribution in [-0.2, 0) is 0 Å². The maximum atomic E-state index is 6.41. The summed E-state index contributed by atoms with van der Waals surface area (Å²) in [6.45, 7) is 6.20. The van der Waals surface area contributed by atoms with E-state index in [-0.39, 0.29) is 0 Å². The molecule has 9 nitrogen and oxygen atoms in total. The van der Waals surface area contributed by atoms with Crippen LogP contribution in [0, 0.1) is 0 Å². The predicted molar refractivity (Wildman–Crippen MR) is 127 cm³/mol. The Bertz CT molecular complexity index is 1160. The largest absolute Gasteiger partial charge is 0.393 e. The van der Waals surface area contributed by atoms with Crippen molar-refractivity contribution in [3.63, 3.8) is 0 Å². The number of anilines is 2. The van der Waals surface area contributed by atoms with Crippen LogP contribution < -0.4 is 21.4 Å². The van der Waals surface area contributed by atoms with Crippen LogP contribution in [0.1, 0.15) is 30.9 Å². The molecule has 0 radical (unpaired) electrons. The summed E-state index contributed by atoms with van der Waals surface area (Å²) in [5.41, 5.74) is 10.8. The second kappa shape index (κ2) is 9.27. The Kier molecular flexibility index (Phi) is 6.27. The minimum atomic E-state index is 0.352. The van der Waals surface area contributed by atoms with Gasteiger partial charge in [0.2, 0.25) is 0 Å². The molecule has 3 aromatic rings. The lowest BCUT2D eigenvalue weighted by Crippen LogP contribution is -2.89. The lowest BCUT2D eigenvalue weighted by molar-refractivity contribution is -0.520. The van der Waals surface area contributed by atoms with Gasteiger partial charge in [-0.3, -0.25) is 20.6 Å². The molecule has 0 bridgehead atoms. The van der Waals surface area contributed by atoms with Crippen molar-refractivity contribution in [2.45, 2.75) is 25.8 Å². The van der Waals surface area contributed by atoms with Crippen molar-refractivity contribution in [3.8, 4) is 0 Å². The van der Waals surface area contributed by atoms with Crippen molar-refractivity contribution in [2.24, 2.45) is 5.73 Å². The first-order valence-corrected chi connectivity index (χ1v) is 10.7. The molecule has 1 saturated heterocycles. The number of hydrogen-bond acceptors (Lipinski definition) is 7. The maximum absolute atomic E-state index is 6.41. The average molecular weight is 433 g/mol. The molecule has 32 heavy (non-hydrogen) atoms. The first-order valence-electron chi connectivity index (χ1n) is 10.7. The van der Waals surface area contributed by atoms with Gasteiger partial charge in [0.05, 0.1) is 22.8 Å². The normalized spacial score (nSPS) is 15.8. The number of nitrogens with one attached hydrogen (secondary N) is 3. The summed E-state index contributed by atoms with van der Waals surface area (Å²) in [7, 11) is 3.94. The second-order valence-corrected chi connectivity index (χ2v) is 8.44. The molecule has 1 aliphatic heterocycles. The van der Waals surface area contributed by atoms with Crippen LogP contribution in [0.2, 0.25) is 0 Å². The van der Waals surface area contributed by atoms with Crippen LogP contribution in [0.5, 0.6) is 0 Å². The summed E-state index contributed by atoms with van der Waals surface area (Å²) in [5, 5.41) is 14.6. The number of rotatable bonds is 7. The molecule has 0 amide bonds. The highest BCUT2D eigenvalue weighted by molar-refractivity contribution is 6.19. The zero-order valence-electron chi connectivity index (χ0n) is 18.9. The Labute approximate surface area is 187 Å². The van der Waals surface area contributed by atoms with Gasteiger partial charge in [-0.25, -0.2) is 4.98 Å². The molecule has 1 aliphatic rings. The Hall–Kier alpha value is -3.59. The fourth-order valence-electron chi connectivity index (χ4n) is 3.66. The average Bonchev–Trinajstić information content (AvgIpc) is 2.76. The molecule has 0 aliphatic carbocycles. The van der Waals surface area contributed by atoms with E-state index in [1.54, 1.807) is 6.20 Å². The lowest BCUT2D eigenvalue weighted by Gasteiger charge is -2.31. The molecule has 0 spiro atoms. The molecule has 0 aromatic carbocycles. The third-order valence-electron chi connectivity index (χ3n) is 5.45. The van der Waals surface area contributed by atoms with E-state index >= 15 is 0 Å². The summed E-state index contributed by atoms with van der Waals surface area (Å²) in [4.78, 5) is 15.0. The molecule has 0 saturated carbocycles. The SMILES string of the molecule is CN/C=C(\C(N)=[NH+]C1CN(C)C1)c1cnc2ccc(Nc3cc(C(C)C)cnn3)nc2c1. The Morgan fingerprint density at radius 1 is 1.19 bits per heavy atom. The van der Waals surface area contributed by atoms with Gasteiger partial charge in [-0.1, -0.05) is 13.8 Å². The van der Waals surface area contributed by atoms with Crippen molar-refractivity contribution in [2.75, 3.05) is 32.5 Å². The zero-order chi connectivity index (χ0) is 22.7. The second-order valence-electron chi connectivity index (χ2n) is 8.44. The molecule has 9 heteroatoms. The number of pyridine rings is 2. The van der Waals surface area contributed by atoms with Crippen LogP contribution in [0.25, 0.3) is 16.6 Å². The molecule has 4 rings (SSSR count). The van der Waals surface area contributed by atoms with Crippen LogP contribution in [0.3, 0.4) is 0 Å². The van der Waals surface area contributed by atoms with E-state index < -0.39 is 0 Å². The molecule has 5 N–H and O–H groups in total. The summed E-state index contributed by atoms with van der Waals surface area (Å²) >= 11 is 0. The van der Waals surface area contributed by atoms with E-state index in [1.165, 1.54) is 0 Å². The minimum Gasteiger partial charge on any atom is -0.393 e. The first-order chi connectivity index (χ1) is 15.4. The molecular formula is C23H30N9+. The summed E-state index contributed by atoms with van der Waals surface area (Å²) < 4.78 is 0. The quantitative estimate of drug-likeness (QED) is 0.317. The van der Waals surface area contributed by atoms with Crippen molar-refractivity contribution in [1.82, 2.24) is 30.4 Å². The number of aromatic nitrogens is 4. The van der Waals surface area contributed by atoms with Gasteiger partial charge in [0.15, 0.2) is 5.82 Å². The number of likely N-dealkylation sites (N-methyl/N-ethyl adjacent to an activating group) is 1. The number of nitrogens with zero attached hydrogens (tertiary/aromatic N) is 5. The number of nitrogens with two attached hydrogens (primary N) is 1. The van der Waals surface area contributed by atoms with E-state index in [0.717, 1.165) is 40.8 Å². The minimum absolute atomic E-state index is 0.352. The molecule has 1 fully saturated rings. The van der Waals surface area contributed by atoms with Crippen LogP contribution in [0.4, 0.5) is 11.6 Å². The first kappa shape index (κ1) is 21.6. The Balaban J connectivity index is 1.62. The maximum Gasteiger partial charge on any atom is 0.275 e. The van der Waals surface area contributed by atoms with E-state index in [0.29, 0.717) is 29.4 Å². The van der Waals surface area contributed by atoms with Crippen LogP contribution >= 0.6 is 0 Å². The highest BCUT2D eigenvalue weighted by Gasteiger charge is 2.26. The molecule has 166 valence electrons. The van der Waals surface area contributed by atoms with E-state index in [1.807, 2.05) is 43.7 Å². The standard InChI is InChI=1S/C23H29N9/c1-14(2)15-8-22(31-27-10-15)30-21-6-5-19-20(29-21)7-16(9-26-19)18(11-25-3)23(24)28-17-12-32(4)13-17/h5-11,14,17,25H,12-13H2,1-4H3,(H2,24,28)(H,29,30,31)/p+1/b18-11-. The highest BCUT2D eigenvalue weighted by atomic mass is 15.2. The van der Waals surface area contributed by atoms with Crippen molar-refractivity contribution in [1.29, 1.82) is 0 Å². The number of fused-ring (bicyclic) bond motifs is 1. The smallest absolute Gasteiger partial charge is 0.275 e. The van der Waals surface area contributed by atoms with Gasteiger partial charge in [0.25, 0.3) is 5.84 Å². The molecule has 3 aromatic heterocycles. The number of hydrogen-bond donors (Lipinski definition) is 4. The van der Waals surface area contributed by atoms with E-state index in [9.17, 15) is 0 Å². The number of amidine groups is 1. The monoisotopic (exact) mass is 432 g/mol. The third kappa shape index (κ3) is 4.83. The van der Waals surface area contributed by atoms with Gasteiger partial charge < -0.3 is 10.6 Å². The Morgan fingerprint density at radius 2 is 2.00 bits per heavy atom. The summed E-state index contributed by atoms with van der Waals surface area (Å²) in [6.07, 6.45) is 5.48. The number of likely N-dealkylation sites (tertiary alicyclic amines) is 1. The zero-order valence-corrected chi connectivity index (χ0v) is 18.9. The van der Waals surface area contributed by atoms with E-state index in [2.05, 4.69) is 56.6 Å². The van der Waals surface area contributed by atoms with Crippen molar-refractivity contribution in [3.05, 3.63) is 54.0 Å². The predicted octanol–water partition coefficient (Wildman–Crippen LogP) is 0.599. The van der Waals surface area contributed by atoms with Crippen LogP contribution in [0.15, 0.2) is 42.9 Å². The molecular weight excluding hydrogens is 402 g/mol. The summed E-state index contributed by atoms with van der Waals surface area (Å²) in [6, 6.07) is 8.16. The Morgan fingerprint density at radius 3 is 2.72 bits per heavy atom. The fraction of sp³-hybridized carbons (Fsp3) is 0.348. The third-order valence-corrected chi connectivity index (χ3v) is 5.45. The van der Waals surface area contributed by atoms with Gasteiger partial charge >= 0.3 is 0 Å². The van der Waals surface area contributed by atoms with Gasteiger partial charge in [0, 0.05) is 38.1 Å². The van der Waals surface area contributed by atoms with Gasteiger partial charge in [-0.15, -0.1) is 5.10 Å². The fourth-order valence-corrected chi connectivity index (χ4v) is 3.66. The lowest BCUT2D eigenvalue weighted by atomic mass is 10.1. The van der Waals surface area contributed by atoms with Crippen molar-refractivity contribution < 1.29 is 4.99 Å². The molecule has 0 atom stereocenters. The van der Waals surface area contributed by atoms with Gasteiger partial charge in [-0.2, -0.15) is 5.10 Å². The van der Waals surface area contributed by atoms with Crippen molar-refractivity contribution >= 4 is 34.1 Å². The molecule has 4 heterocycles. The topological polar surface area (TPSA) is 119 Å². The molecule has 0 unspecified atom stereocenters. The van der Waals surface area contributed by atoms with E-state index in [4.69, 9.17) is 10.7 Å². The highest BCUT2D eigenvalue weighted by Crippen LogP contribution is 2.22.